The highest BCUT2D eigenvalue weighted by Crippen LogP contribution is 2.39. The van der Waals surface area contributed by atoms with Crippen LogP contribution in [0.3, 0.4) is 0 Å². The van der Waals surface area contributed by atoms with Crippen molar-refractivity contribution in [3.05, 3.63) is 95.0 Å². The first-order valence-corrected chi connectivity index (χ1v) is 22.8. The number of anilines is 2. The lowest BCUT2D eigenvalue weighted by molar-refractivity contribution is -0.144. The molecule has 3 aromatic carbocycles. The van der Waals surface area contributed by atoms with Gasteiger partial charge in [-0.05, 0) is 98.8 Å². The van der Waals surface area contributed by atoms with Crippen LogP contribution in [0.25, 0.3) is 11.3 Å². The van der Waals surface area contributed by atoms with E-state index in [1.165, 1.54) is 58.8 Å². The molecule has 6 rings (SSSR count). The maximum atomic E-state index is 15.3. The number of amides is 4. The highest BCUT2D eigenvalue weighted by Gasteiger charge is 2.50. The van der Waals surface area contributed by atoms with Crippen LogP contribution in [-0.2, 0) is 35.2 Å². The van der Waals surface area contributed by atoms with Gasteiger partial charge in [-0.15, -0.1) is 0 Å². The molecular formula is C48H54ClF2N7O9S. The fraction of sp³-hybridized carbons (Fsp3) is 0.438. The van der Waals surface area contributed by atoms with Crippen molar-refractivity contribution >= 4 is 63.9 Å². The van der Waals surface area contributed by atoms with E-state index in [2.05, 4.69) is 15.6 Å². The molecule has 0 spiro atoms. The van der Waals surface area contributed by atoms with Gasteiger partial charge in [-0.3, -0.25) is 24.1 Å². The third-order valence-electron chi connectivity index (χ3n) is 11.4. The number of benzene rings is 3. The fourth-order valence-corrected chi connectivity index (χ4v) is 8.54. The van der Waals surface area contributed by atoms with E-state index in [-0.39, 0.29) is 78.0 Å². The summed E-state index contributed by atoms with van der Waals surface area (Å²) >= 11 is 11.9. The topological polar surface area (TPSA) is 200 Å². The van der Waals surface area contributed by atoms with Crippen molar-refractivity contribution in [2.45, 2.75) is 90.6 Å². The molecule has 3 N–H and O–H groups in total. The van der Waals surface area contributed by atoms with Gasteiger partial charge in [-0.25, -0.2) is 13.8 Å². The van der Waals surface area contributed by atoms with Crippen molar-refractivity contribution in [1.82, 2.24) is 20.5 Å². The number of carbonyl (C=O) groups excluding carboxylic acids is 4. The van der Waals surface area contributed by atoms with Crippen LogP contribution in [-0.4, -0.2) is 107 Å². The van der Waals surface area contributed by atoms with Crippen molar-refractivity contribution in [3.8, 4) is 23.1 Å². The Hall–Kier alpha value is -6.04. The van der Waals surface area contributed by atoms with Crippen LogP contribution < -0.4 is 25.2 Å². The number of aliphatic hydroxyl groups excluding tert-OH is 1. The SMILES string of the molecule is CC(C)(C)C(NC(=O)COCCCOCCCCOc1ccc(N2C(=S)N(c3ccc(C#N)c(Cl)c3)C(=O)C2(C)C)cc1F)C(=O)N1C[C@H](O)C[C@H]1C(=O)NCc1ccc(-c2cnco2)c(F)c1. The Balaban J connectivity index is 0.872. The van der Waals surface area contributed by atoms with Gasteiger partial charge in [0.25, 0.3) is 5.91 Å². The van der Waals surface area contributed by atoms with Crippen molar-refractivity contribution in [3.63, 3.8) is 0 Å². The average molecular weight is 979 g/mol. The first kappa shape index (κ1) is 51.4. The smallest absolute Gasteiger partial charge is 0.259 e. The molecular weight excluding hydrogens is 924 g/mol. The summed E-state index contributed by atoms with van der Waals surface area (Å²) in [7, 11) is 0. The van der Waals surface area contributed by atoms with Gasteiger partial charge in [0, 0.05) is 51.1 Å². The number of ether oxygens (including phenoxy) is 3. The summed E-state index contributed by atoms with van der Waals surface area (Å²) < 4.78 is 52.1. The van der Waals surface area contributed by atoms with Crippen LogP contribution in [0.2, 0.25) is 5.02 Å². The molecule has 3 atom stereocenters. The molecule has 0 saturated carbocycles. The van der Waals surface area contributed by atoms with E-state index in [9.17, 15) is 33.9 Å². The number of nitrogens with one attached hydrogen (secondary N) is 2. The molecule has 4 aromatic rings. The summed E-state index contributed by atoms with van der Waals surface area (Å²) in [6.45, 7) is 9.45. The number of nitriles is 1. The number of nitrogens with zero attached hydrogens (tertiary/aromatic N) is 5. The van der Waals surface area contributed by atoms with Gasteiger partial charge in [0.1, 0.15) is 36.1 Å². The minimum atomic E-state index is -1.15. The second-order valence-corrected chi connectivity index (χ2v) is 18.7. The summed E-state index contributed by atoms with van der Waals surface area (Å²) in [6, 6.07) is 13.3. The van der Waals surface area contributed by atoms with Gasteiger partial charge in [-0.2, -0.15) is 5.26 Å². The second kappa shape index (κ2) is 22.4. The Morgan fingerprint density at radius 3 is 2.41 bits per heavy atom. The number of aromatic nitrogens is 1. The van der Waals surface area contributed by atoms with Gasteiger partial charge < -0.3 is 44.2 Å². The zero-order chi connectivity index (χ0) is 49.3. The molecule has 2 saturated heterocycles. The van der Waals surface area contributed by atoms with Crippen LogP contribution >= 0.6 is 23.8 Å². The lowest BCUT2D eigenvalue weighted by atomic mass is 9.85. The molecule has 16 nitrogen and oxygen atoms in total. The first-order chi connectivity index (χ1) is 32.3. The number of aliphatic hydroxyl groups is 1. The van der Waals surface area contributed by atoms with Crippen LogP contribution in [0.1, 0.15) is 71.4 Å². The number of rotatable bonds is 20. The van der Waals surface area contributed by atoms with Gasteiger partial charge in [0.05, 0.1) is 40.7 Å². The van der Waals surface area contributed by atoms with Gasteiger partial charge in [0.15, 0.2) is 28.8 Å². The van der Waals surface area contributed by atoms with E-state index >= 15 is 4.39 Å². The van der Waals surface area contributed by atoms with E-state index in [0.717, 1.165) is 0 Å². The lowest BCUT2D eigenvalue weighted by Crippen LogP contribution is -2.58. The average Bonchev–Trinajstić information content (AvgIpc) is 4.01. The Kier molecular flexibility index (Phi) is 16.9. The highest BCUT2D eigenvalue weighted by atomic mass is 35.5. The summed E-state index contributed by atoms with van der Waals surface area (Å²) in [5, 5.41) is 25.5. The summed E-state index contributed by atoms with van der Waals surface area (Å²) in [6.07, 6.45) is 3.33. The number of unbranched alkanes of at least 4 members (excludes halogenated alkanes) is 1. The molecule has 1 aromatic heterocycles. The molecule has 3 heterocycles. The minimum Gasteiger partial charge on any atom is -0.491 e. The molecule has 0 aliphatic carbocycles. The van der Waals surface area contributed by atoms with E-state index in [0.29, 0.717) is 49.4 Å². The molecule has 20 heteroatoms. The maximum absolute atomic E-state index is 15.3. The molecule has 1 unspecified atom stereocenters. The molecule has 2 aliphatic rings. The number of likely N-dealkylation sites (tertiary alicyclic amines) is 1. The molecule has 0 radical (unpaired) electrons. The van der Waals surface area contributed by atoms with Crippen LogP contribution in [0.5, 0.6) is 5.75 Å². The highest BCUT2D eigenvalue weighted by molar-refractivity contribution is 7.81. The molecule has 0 bridgehead atoms. The molecule has 2 aliphatic heterocycles. The third kappa shape index (κ3) is 12.2. The van der Waals surface area contributed by atoms with E-state index in [1.54, 1.807) is 57.7 Å². The molecule has 2 fully saturated rings. The first-order valence-electron chi connectivity index (χ1n) is 22.0. The van der Waals surface area contributed by atoms with Crippen molar-refractivity contribution in [1.29, 1.82) is 5.26 Å². The number of carbonyl (C=O) groups is 4. The predicted molar refractivity (Wildman–Crippen MR) is 251 cm³/mol. The van der Waals surface area contributed by atoms with Crippen LogP contribution in [0.4, 0.5) is 20.2 Å². The number of halogens is 3. The Morgan fingerprint density at radius 1 is 1.01 bits per heavy atom. The monoisotopic (exact) mass is 977 g/mol. The van der Waals surface area contributed by atoms with Gasteiger partial charge in [-0.1, -0.05) is 38.4 Å². The zero-order valence-corrected chi connectivity index (χ0v) is 39.9. The van der Waals surface area contributed by atoms with Crippen molar-refractivity contribution < 1.29 is 51.7 Å². The van der Waals surface area contributed by atoms with Crippen LogP contribution in [0, 0.1) is 28.4 Å². The van der Waals surface area contributed by atoms with Crippen molar-refractivity contribution in [2.24, 2.45) is 5.41 Å². The number of thiocarbonyl (C=S) groups is 1. The van der Waals surface area contributed by atoms with Crippen LogP contribution in [0.15, 0.2) is 71.6 Å². The zero-order valence-electron chi connectivity index (χ0n) is 38.4. The summed E-state index contributed by atoms with van der Waals surface area (Å²) in [5.74, 6) is -2.81. The molecule has 362 valence electrons. The van der Waals surface area contributed by atoms with Gasteiger partial charge in [0.2, 0.25) is 17.7 Å². The molecule has 4 amide bonds. The lowest BCUT2D eigenvalue weighted by Gasteiger charge is -2.35. The summed E-state index contributed by atoms with van der Waals surface area (Å²) in [4.78, 5) is 61.7. The standard InChI is InChI=1S/C48H54ClF2N7O9S/c1-47(2,3)42(44(62)56-26-33(59)22-38(56)43(61)54-24-29-9-13-34(36(50)19-29)40-25-53-28-67-40)55-41(60)27-65-17-8-16-64-15-6-7-18-66-39-14-12-32(21-37(39)51)58-46(68)57(45(63)48(58,4)5)31-11-10-30(23-52)35(49)20-31/h9-14,19-21,25,28,33,38,42,59H,6-8,15-18,22,24,26-27H2,1-5H3,(H,54,61)(H,55,60)/t33-,38+,42?/m1/s1. The van der Waals surface area contributed by atoms with Gasteiger partial charge >= 0.3 is 0 Å². The van der Waals surface area contributed by atoms with E-state index < -0.39 is 58.5 Å². The third-order valence-corrected chi connectivity index (χ3v) is 12.1. The number of β-amino-alcohol motifs (C(OH)–C–C–N with tert-alkyl or cyclic N) is 1. The normalized spacial score (nSPS) is 17.3. The Bertz CT molecular complexity index is 2530. The summed E-state index contributed by atoms with van der Waals surface area (Å²) in [5.41, 5.74) is -0.215. The second-order valence-electron chi connectivity index (χ2n) is 17.9. The Labute approximate surface area is 403 Å². The predicted octanol–water partition coefficient (Wildman–Crippen LogP) is 6.45. The quantitative estimate of drug-likeness (QED) is 0.0645. The van der Waals surface area contributed by atoms with Crippen molar-refractivity contribution in [2.75, 3.05) is 49.4 Å². The number of hydrogen-bond donors (Lipinski definition) is 3. The largest absolute Gasteiger partial charge is 0.491 e. The minimum absolute atomic E-state index is 0.00431. The van der Waals surface area contributed by atoms with E-state index in [1.807, 2.05) is 6.07 Å². The van der Waals surface area contributed by atoms with E-state index in [4.69, 9.17) is 42.4 Å². The number of hydrogen-bond acceptors (Lipinski definition) is 12. The molecule has 68 heavy (non-hydrogen) atoms. The number of oxazole rings is 1. The maximum Gasteiger partial charge on any atom is 0.259 e. The Morgan fingerprint density at radius 2 is 1.74 bits per heavy atom. The fourth-order valence-electron chi connectivity index (χ4n) is 7.80.